The lowest BCUT2D eigenvalue weighted by atomic mass is 9.91. The first kappa shape index (κ1) is 26.3. The van der Waals surface area contributed by atoms with Crippen LogP contribution < -0.4 is 20.3 Å². The van der Waals surface area contributed by atoms with Gasteiger partial charge in [-0.3, -0.25) is 14.9 Å². The molecule has 2 aromatic rings. The van der Waals surface area contributed by atoms with Crippen LogP contribution in [0.4, 0.5) is 5.69 Å². The Morgan fingerprint density at radius 1 is 1.09 bits per heavy atom. The Morgan fingerprint density at radius 3 is 2.35 bits per heavy atom. The van der Waals surface area contributed by atoms with E-state index in [-0.39, 0.29) is 24.9 Å². The van der Waals surface area contributed by atoms with Crippen LogP contribution in [0.5, 0.6) is 0 Å². The van der Waals surface area contributed by atoms with Gasteiger partial charge in [-0.05, 0) is 51.0 Å². The van der Waals surface area contributed by atoms with Gasteiger partial charge >= 0.3 is 0 Å². The zero-order valence-corrected chi connectivity index (χ0v) is 22.2. The molecule has 0 spiro atoms. The largest absolute Gasteiger partial charge is 0.358 e. The van der Waals surface area contributed by atoms with Crippen LogP contribution in [0.2, 0.25) is 0 Å². The molecular formula is C24H31BrN4O4S. The number of amides is 2. The van der Waals surface area contributed by atoms with Gasteiger partial charge in [-0.25, -0.2) is 13.1 Å². The molecule has 1 unspecified atom stereocenters. The quantitative estimate of drug-likeness (QED) is 0.444. The fourth-order valence-electron chi connectivity index (χ4n) is 3.80. The van der Waals surface area contributed by atoms with Crippen LogP contribution in [0.3, 0.4) is 0 Å². The van der Waals surface area contributed by atoms with Crippen LogP contribution in [0.15, 0.2) is 53.0 Å². The first-order chi connectivity index (χ1) is 15.9. The number of rotatable bonds is 9. The van der Waals surface area contributed by atoms with E-state index in [1.165, 1.54) is 11.9 Å². The maximum atomic E-state index is 13.8. The second-order valence-electron chi connectivity index (χ2n) is 9.23. The molecule has 0 saturated carbocycles. The lowest BCUT2D eigenvalue weighted by molar-refractivity contribution is -0.126. The summed E-state index contributed by atoms with van der Waals surface area (Å²) < 4.78 is 28.3. The average Bonchev–Trinajstić information content (AvgIpc) is 3.01. The number of hydrogen-bond donors (Lipinski definition) is 3. The molecule has 3 N–H and O–H groups in total. The number of benzene rings is 2. The highest BCUT2D eigenvalue weighted by Crippen LogP contribution is 2.40. The van der Waals surface area contributed by atoms with Gasteiger partial charge in [0.1, 0.15) is 12.1 Å². The number of fused-ring (bicyclic) bond motifs is 1. The van der Waals surface area contributed by atoms with E-state index >= 15 is 0 Å². The highest BCUT2D eigenvalue weighted by molar-refractivity contribution is 9.10. The molecule has 1 atom stereocenters. The number of carbonyl (C=O) groups excluding carboxylic acids is 2. The predicted molar refractivity (Wildman–Crippen MR) is 137 cm³/mol. The summed E-state index contributed by atoms with van der Waals surface area (Å²) in [5.74, 6) is -0.686. The molecule has 184 valence electrons. The lowest BCUT2D eigenvalue weighted by Crippen LogP contribution is -2.59. The van der Waals surface area contributed by atoms with E-state index in [9.17, 15) is 18.0 Å². The molecule has 0 fully saturated rings. The molecule has 0 aliphatic carbocycles. The molecule has 3 rings (SSSR count). The summed E-state index contributed by atoms with van der Waals surface area (Å²) in [5, 5.41) is 5.90. The number of hydrogen-bond acceptors (Lipinski definition) is 5. The molecule has 2 amide bonds. The molecule has 8 nitrogen and oxygen atoms in total. The molecule has 0 bridgehead atoms. The minimum atomic E-state index is -3.72. The fourth-order valence-corrected chi connectivity index (χ4v) is 4.90. The Morgan fingerprint density at radius 2 is 1.74 bits per heavy atom. The molecule has 1 aliphatic heterocycles. The summed E-state index contributed by atoms with van der Waals surface area (Å²) in [6, 6.07) is 15.0. The number of likely N-dealkylation sites (N-methyl/N-ethyl adjacent to an activating group) is 1. The van der Waals surface area contributed by atoms with Crippen molar-refractivity contribution < 1.29 is 18.0 Å². The Hall–Kier alpha value is -2.27. The maximum absolute atomic E-state index is 13.8. The van der Waals surface area contributed by atoms with Crippen molar-refractivity contribution in [3.05, 3.63) is 64.1 Å². The summed E-state index contributed by atoms with van der Waals surface area (Å²) in [5.41, 5.74) is 0.943. The van der Waals surface area contributed by atoms with Crippen molar-refractivity contribution in [1.29, 1.82) is 0 Å². The molecule has 2 aromatic carbocycles. The fraction of sp³-hybridized carbons (Fsp3) is 0.417. The molecule has 1 heterocycles. The zero-order valence-electron chi connectivity index (χ0n) is 19.8. The van der Waals surface area contributed by atoms with Gasteiger partial charge in [0, 0.05) is 35.9 Å². The normalized spacial score (nSPS) is 18.1. The first-order valence-electron chi connectivity index (χ1n) is 11.0. The Balaban J connectivity index is 1.97. The van der Waals surface area contributed by atoms with Crippen LogP contribution >= 0.6 is 15.9 Å². The summed E-state index contributed by atoms with van der Waals surface area (Å²) in [4.78, 5) is 27.4. The second-order valence-corrected chi connectivity index (χ2v) is 12.7. The monoisotopic (exact) mass is 550 g/mol. The topological polar surface area (TPSA) is 108 Å². The first-order valence-corrected chi connectivity index (χ1v) is 13.3. The third-order valence-electron chi connectivity index (χ3n) is 5.93. The predicted octanol–water partition coefficient (Wildman–Crippen LogP) is 2.29. The summed E-state index contributed by atoms with van der Waals surface area (Å²) >= 11 is 3.43. The zero-order chi connectivity index (χ0) is 25.1. The van der Waals surface area contributed by atoms with Crippen LogP contribution in [-0.4, -0.2) is 51.7 Å². The van der Waals surface area contributed by atoms with Crippen molar-refractivity contribution in [3.8, 4) is 0 Å². The van der Waals surface area contributed by atoms with Gasteiger partial charge in [-0.2, -0.15) is 0 Å². The molecule has 10 heteroatoms. The van der Waals surface area contributed by atoms with Gasteiger partial charge in [0.15, 0.2) is 0 Å². The number of nitrogens with one attached hydrogen (secondary N) is 3. The molecule has 34 heavy (non-hydrogen) atoms. The van der Waals surface area contributed by atoms with Gasteiger partial charge in [-0.15, -0.1) is 0 Å². The number of anilines is 1. The lowest BCUT2D eigenvalue weighted by Gasteiger charge is -2.32. The second kappa shape index (κ2) is 10.2. The van der Waals surface area contributed by atoms with Crippen LogP contribution in [0.1, 0.15) is 31.9 Å². The summed E-state index contributed by atoms with van der Waals surface area (Å²) in [6.07, 6.45) is 0.631. The summed E-state index contributed by atoms with van der Waals surface area (Å²) in [6.45, 7) is 4.90. The standard InChI is InChI=1S/C24H31BrN4O4S/c1-23(2,3)34(32,33)28-16-24(27-14-13-17-9-11-18(25)12-10-17)19-7-5-6-8-20(19)29(22(24)31)15-21(30)26-4/h5-12,27-28H,13-16H2,1-4H3,(H,26,30). The van der Waals surface area contributed by atoms with Crippen molar-refractivity contribution >= 4 is 43.5 Å². The number of halogens is 1. The van der Waals surface area contributed by atoms with Crippen molar-refractivity contribution in [2.24, 2.45) is 0 Å². The highest BCUT2D eigenvalue weighted by Gasteiger charge is 2.51. The van der Waals surface area contributed by atoms with Crippen LogP contribution in [0, 0.1) is 0 Å². The van der Waals surface area contributed by atoms with E-state index in [4.69, 9.17) is 0 Å². The van der Waals surface area contributed by atoms with E-state index in [1.807, 2.05) is 24.3 Å². The van der Waals surface area contributed by atoms with E-state index in [0.29, 0.717) is 24.2 Å². The van der Waals surface area contributed by atoms with Crippen molar-refractivity contribution in [1.82, 2.24) is 15.4 Å². The molecule has 0 aromatic heterocycles. The van der Waals surface area contributed by atoms with Gasteiger partial charge in [-0.1, -0.05) is 46.3 Å². The minimum absolute atomic E-state index is 0.158. The van der Waals surface area contributed by atoms with Gasteiger partial charge < -0.3 is 10.2 Å². The van der Waals surface area contributed by atoms with Crippen molar-refractivity contribution in [3.63, 3.8) is 0 Å². The third kappa shape index (κ3) is 5.35. The Labute approximate surface area is 209 Å². The highest BCUT2D eigenvalue weighted by atomic mass is 79.9. The number of carbonyl (C=O) groups is 2. The van der Waals surface area contributed by atoms with Gasteiger partial charge in [0.25, 0.3) is 5.91 Å². The smallest absolute Gasteiger partial charge is 0.253 e. The van der Waals surface area contributed by atoms with E-state index in [0.717, 1.165) is 10.0 Å². The van der Waals surface area contributed by atoms with Crippen molar-refractivity contribution in [2.75, 3.05) is 31.6 Å². The van der Waals surface area contributed by atoms with Crippen molar-refractivity contribution in [2.45, 2.75) is 37.5 Å². The van der Waals surface area contributed by atoms with E-state index in [1.54, 1.807) is 45.0 Å². The minimum Gasteiger partial charge on any atom is -0.358 e. The Kier molecular flexibility index (Phi) is 7.86. The SMILES string of the molecule is CNC(=O)CN1C(=O)C(CNS(=O)(=O)C(C)(C)C)(NCCc2ccc(Br)cc2)c2ccccc21. The molecule has 0 saturated heterocycles. The molecule has 0 radical (unpaired) electrons. The van der Waals surface area contributed by atoms with Crippen LogP contribution in [0.25, 0.3) is 0 Å². The van der Waals surface area contributed by atoms with Crippen LogP contribution in [-0.2, 0) is 31.6 Å². The average molecular weight is 552 g/mol. The van der Waals surface area contributed by atoms with Gasteiger partial charge in [0.2, 0.25) is 15.9 Å². The maximum Gasteiger partial charge on any atom is 0.253 e. The van der Waals surface area contributed by atoms with Gasteiger partial charge in [0.05, 0.1) is 4.75 Å². The van der Waals surface area contributed by atoms with E-state index in [2.05, 4.69) is 31.3 Å². The Bertz CT molecular complexity index is 1160. The van der Waals surface area contributed by atoms with E-state index < -0.39 is 20.3 Å². The third-order valence-corrected chi connectivity index (χ3v) is 8.60. The number of sulfonamides is 1. The number of nitrogens with zero attached hydrogens (tertiary/aromatic N) is 1. The molecular weight excluding hydrogens is 520 g/mol. The molecule has 1 aliphatic rings. The number of para-hydroxylation sites is 1. The summed E-state index contributed by atoms with van der Waals surface area (Å²) in [7, 11) is -2.21.